The number of aliphatic hydroxyl groups is 1. The third-order valence-electron chi connectivity index (χ3n) is 9.98. The molecule has 1 N–H and O–H groups in total. The Bertz CT molecular complexity index is 1310. The van der Waals surface area contributed by atoms with Crippen molar-refractivity contribution in [2.24, 2.45) is 5.41 Å². The van der Waals surface area contributed by atoms with Crippen LogP contribution in [-0.4, -0.2) is 80.7 Å². The van der Waals surface area contributed by atoms with Crippen LogP contribution in [0.2, 0.25) is 0 Å². The summed E-state index contributed by atoms with van der Waals surface area (Å²) in [4.78, 5) is 17.4. The Morgan fingerprint density at radius 1 is 1.07 bits per heavy atom. The number of hydrogen-bond donors (Lipinski definition) is 1. The molecule has 214 valence electrons. The molecule has 6 atom stereocenters. The van der Waals surface area contributed by atoms with Crippen LogP contribution in [0.3, 0.4) is 0 Å². The van der Waals surface area contributed by atoms with Gasteiger partial charge in [-0.25, -0.2) is 0 Å². The minimum atomic E-state index is -1.50. The summed E-state index contributed by atoms with van der Waals surface area (Å²) in [5.41, 5.74) is 0.769. The maximum atomic E-state index is 13.1. The van der Waals surface area contributed by atoms with Gasteiger partial charge in [0.1, 0.15) is 23.2 Å². The van der Waals surface area contributed by atoms with E-state index < -0.39 is 23.1 Å². The first-order chi connectivity index (χ1) is 19.2. The van der Waals surface area contributed by atoms with E-state index >= 15 is 0 Å². The van der Waals surface area contributed by atoms with Gasteiger partial charge in [-0.3, -0.25) is 9.69 Å². The number of carbonyl (C=O) groups excluding carboxylic acids is 1. The highest BCUT2D eigenvalue weighted by Crippen LogP contribution is 2.67. The lowest BCUT2D eigenvalue weighted by atomic mass is 9.48. The predicted molar refractivity (Wildman–Crippen MR) is 152 cm³/mol. The Balaban J connectivity index is 1.49. The van der Waals surface area contributed by atoms with Gasteiger partial charge in [0.25, 0.3) is 0 Å². The molecule has 0 aromatic heterocycles. The van der Waals surface area contributed by atoms with Crippen LogP contribution in [0.25, 0.3) is 0 Å². The quantitative estimate of drug-likeness (QED) is 0.395. The smallest absolute Gasteiger partial charge is 0.303 e. The third kappa shape index (κ3) is 3.65. The summed E-state index contributed by atoms with van der Waals surface area (Å²) in [6, 6.07) is 13.7. The minimum Gasteiger partial charge on any atom is -0.497 e. The lowest BCUT2D eigenvalue weighted by Crippen LogP contribution is -2.80. The van der Waals surface area contributed by atoms with E-state index in [9.17, 15) is 9.90 Å². The monoisotopic (exact) mass is 548 g/mol. The molecule has 6 rings (SSSR count). The maximum Gasteiger partial charge on any atom is 0.303 e. The summed E-state index contributed by atoms with van der Waals surface area (Å²) in [5, 5.41) is 13.1. The second-order valence-electron chi connectivity index (χ2n) is 11.8. The lowest BCUT2D eigenvalue weighted by molar-refractivity contribution is -0.234. The second-order valence-corrected chi connectivity index (χ2v) is 11.8. The number of benzene rings is 2. The average Bonchev–Trinajstić information content (AvgIpc) is 3.47. The van der Waals surface area contributed by atoms with Crippen LogP contribution in [0.15, 0.2) is 54.6 Å². The molecule has 2 unspecified atom stereocenters. The lowest BCUT2D eigenvalue weighted by Gasteiger charge is -2.64. The van der Waals surface area contributed by atoms with Gasteiger partial charge in [0.05, 0.1) is 33.5 Å². The first-order valence-electron chi connectivity index (χ1n) is 14.2. The summed E-state index contributed by atoms with van der Waals surface area (Å²) in [5.74, 6) is 1.15. The number of esters is 1. The summed E-state index contributed by atoms with van der Waals surface area (Å²) in [6.07, 6.45) is 5.22. The van der Waals surface area contributed by atoms with Gasteiger partial charge in [0.15, 0.2) is 0 Å². The number of hydrogen-bond acceptors (Lipinski definition) is 8. The Labute approximate surface area is 236 Å². The largest absolute Gasteiger partial charge is 0.497 e. The Morgan fingerprint density at radius 3 is 2.48 bits per heavy atom. The molecule has 40 heavy (non-hydrogen) atoms. The number of anilines is 1. The van der Waals surface area contributed by atoms with Crippen molar-refractivity contribution >= 4 is 11.7 Å². The molecule has 1 saturated heterocycles. The normalized spacial score (nSPS) is 33.8. The minimum absolute atomic E-state index is 0.0150. The van der Waals surface area contributed by atoms with Crippen LogP contribution in [0.5, 0.6) is 11.5 Å². The van der Waals surface area contributed by atoms with E-state index in [1.54, 1.807) is 14.2 Å². The third-order valence-corrected chi connectivity index (χ3v) is 9.98. The SMILES string of the molecule is CC[C@]12C=CCN3CC[C@@]4(c5ccc(OC)cc5N(C)[C@H]4C(O)(COCc4ccc(OC)cc4)[C@@H]1OC(C)=O)C32. The Hall–Kier alpha value is -3.07. The topological polar surface area (TPSA) is 80.7 Å². The fraction of sp³-hybridized carbons (Fsp3) is 0.531. The molecular formula is C32H40N2O6. The fourth-order valence-corrected chi connectivity index (χ4v) is 8.66. The van der Waals surface area contributed by atoms with Crippen molar-refractivity contribution in [3.8, 4) is 11.5 Å². The first kappa shape index (κ1) is 27.1. The molecule has 0 radical (unpaired) electrons. The zero-order valence-electron chi connectivity index (χ0n) is 24.1. The van der Waals surface area contributed by atoms with Gasteiger partial charge in [-0.05, 0) is 48.7 Å². The molecule has 3 aliphatic heterocycles. The maximum absolute atomic E-state index is 13.1. The molecule has 1 saturated carbocycles. The van der Waals surface area contributed by atoms with Crippen molar-refractivity contribution in [2.45, 2.75) is 62.5 Å². The number of fused-ring (bicyclic) bond motifs is 1. The van der Waals surface area contributed by atoms with Crippen LogP contribution >= 0.6 is 0 Å². The molecule has 0 amide bonds. The fourth-order valence-electron chi connectivity index (χ4n) is 8.66. The first-order valence-corrected chi connectivity index (χ1v) is 14.2. The van der Waals surface area contributed by atoms with E-state index in [0.717, 1.165) is 42.3 Å². The van der Waals surface area contributed by atoms with Crippen LogP contribution in [0.4, 0.5) is 5.69 Å². The van der Waals surface area contributed by atoms with Crippen molar-refractivity contribution in [3.63, 3.8) is 0 Å². The van der Waals surface area contributed by atoms with Crippen molar-refractivity contribution in [3.05, 3.63) is 65.7 Å². The van der Waals surface area contributed by atoms with E-state index in [2.05, 4.69) is 41.0 Å². The standard InChI is InChI=1S/C32H40N2O6/c1-6-30-14-7-16-34-17-15-31(27(30)34)25-13-12-24(38-5)18-26(25)33(3)28(31)32(36,29(30)40-21(2)35)20-39-19-22-8-10-23(37-4)11-9-22/h7-14,18,27-29,36H,6,15-17,19-20H2,1-5H3/t27?,28-,29-,30-,31-,32?/m1/s1. The van der Waals surface area contributed by atoms with Gasteiger partial charge in [0.2, 0.25) is 0 Å². The molecule has 8 nitrogen and oxygen atoms in total. The van der Waals surface area contributed by atoms with Gasteiger partial charge in [-0.2, -0.15) is 0 Å². The predicted octanol–water partition coefficient (Wildman–Crippen LogP) is 3.69. The highest BCUT2D eigenvalue weighted by atomic mass is 16.6. The van der Waals surface area contributed by atoms with Crippen molar-refractivity contribution in [1.29, 1.82) is 0 Å². The van der Waals surface area contributed by atoms with Gasteiger partial charge in [-0.1, -0.05) is 37.3 Å². The van der Waals surface area contributed by atoms with Crippen molar-refractivity contribution in [1.82, 2.24) is 4.90 Å². The number of ether oxygens (including phenoxy) is 4. The summed E-state index contributed by atoms with van der Waals surface area (Å²) >= 11 is 0. The molecule has 1 aliphatic carbocycles. The number of carbonyl (C=O) groups is 1. The highest BCUT2D eigenvalue weighted by Gasteiger charge is 2.77. The molecule has 3 heterocycles. The zero-order valence-corrected chi connectivity index (χ0v) is 24.1. The van der Waals surface area contributed by atoms with E-state index in [1.807, 2.05) is 37.4 Å². The molecule has 2 aromatic carbocycles. The Kier molecular flexibility index (Phi) is 6.63. The van der Waals surface area contributed by atoms with Crippen LogP contribution in [-0.2, 0) is 26.3 Å². The Morgan fingerprint density at radius 2 is 1.80 bits per heavy atom. The van der Waals surface area contributed by atoms with E-state index in [4.69, 9.17) is 18.9 Å². The van der Waals surface area contributed by atoms with Crippen molar-refractivity contribution < 1.29 is 28.8 Å². The number of methoxy groups -OCH3 is 2. The molecule has 8 heteroatoms. The van der Waals surface area contributed by atoms with E-state index in [1.165, 1.54) is 12.5 Å². The van der Waals surface area contributed by atoms with Gasteiger partial charge < -0.3 is 29.0 Å². The number of nitrogens with zero attached hydrogens (tertiary/aromatic N) is 2. The summed E-state index contributed by atoms with van der Waals surface area (Å²) in [6.45, 7) is 5.65. The molecule has 2 aromatic rings. The van der Waals surface area contributed by atoms with Crippen LogP contribution < -0.4 is 14.4 Å². The second kappa shape index (κ2) is 9.79. The van der Waals surface area contributed by atoms with Gasteiger partial charge in [0, 0.05) is 49.1 Å². The van der Waals surface area contributed by atoms with Crippen molar-refractivity contribution in [2.75, 3.05) is 45.9 Å². The van der Waals surface area contributed by atoms with Gasteiger partial charge >= 0.3 is 5.97 Å². The summed E-state index contributed by atoms with van der Waals surface area (Å²) in [7, 11) is 5.35. The van der Waals surface area contributed by atoms with E-state index in [0.29, 0.717) is 13.0 Å². The van der Waals surface area contributed by atoms with Gasteiger partial charge in [-0.15, -0.1) is 0 Å². The van der Waals surface area contributed by atoms with Crippen LogP contribution in [0, 0.1) is 5.41 Å². The number of likely N-dealkylation sites (N-methyl/N-ethyl adjacent to an activating group) is 1. The molecule has 2 fully saturated rings. The summed E-state index contributed by atoms with van der Waals surface area (Å²) < 4.78 is 23.5. The molecule has 4 aliphatic rings. The van der Waals surface area contributed by atoms with E-state index in [-0.39, 0.29) is 24.1 Å². The zero-order chi connectivity index (χ0) is 28.3. The number of rotatable bonds is 8. The molecular weight excluding hydrogens is 508 g/mol. The van der Waals surface area contributed by atoms with Crippen LogP contribution in [0.1, 0.15) is 37.8 Å². The highest BCUT2D eigenvalue weighted by molar-refractivity contribution is 5.71. The molecule has 0 bridgehead atoms. The molecule has 1 spiro atoms. The average molecular weight is 549 g/mol.